The van der Waals surface area contributed by atoms with Crippen LogP contribution in [0.2, 0.25) is 0 Å². The van der Waals surface area contributed by atoms with E-state index < -0.39 is 47.3 Å². The van der Waals surface area contributed by atoms with E-state index in [-0.39, 0.29) is 11.1 Å². The molecule has 0 bridgehead atoms. The summed E-state index contributed by atoms with van der Waals surface area (Å²) in [5.74, 6) is -3.91. The van der Waals surface area contributed by atoms with Gasteiger partial charge in [0.2, 0.25) is 12.2 Å². The third-order valence-electron chi connectivity index (χ3n) is 4.60. The topological polar surface area (TPSA) is 105 Å². The fraction of sp³-hybridized carbons (Fsp3) is 0.429. The summed E-state index contributed by atoms with van der Waals surface area (Å²) >= 11 is 0. The minimum Gasteiger partial charge on any atom is -0.457 e. The summed E-state index contributed by atoms with van der Waals surface area (Å²) in [6.45, 7) is 13.4. The summed E-state index contributed by atoms with van der Waals surface area (Å²) < 4.78 is 21.7. The Morgan fingerprint density at radius 3 is 1.08 bits per heavy atom. The lowest BCUT2D eigenvalue weighted by molar-refractivity contribution is -0.185. The van der Waals surface area contributed by atoms with Crippen LogP contribution in [0.25, 0.3) is 0 Å². The van der Waals surface area contributed by atoms with Crippen LogP contribution in [0, 0.1) is 13.8 Å². The third kappa shape index (κ3) is 8.83. The average Bonchev–Trinajstić information content (AvgIpc) is 2.74. The van der Waals surface area contributed by atoms with Crippen LogP contribution >= 0.6 is 0 Å². The van der Waals surface area contributed by atoms with Crippen molar-refractivity contribution in [3.63, 3.8) is 0 Å². The van der Waals surface area contributed by atoms with Crippen LogP contribution in [0.15, 0.2) is 48.5 Å². The van der Waals surface area contributed by atoms with E-state index in [0.29, 0.717) is 0 Å². The van der Waals surface area contributed by atoms with Gasteiger partial charge < -0.3 is 18.9 Å². The second-order valence-corrected chi connectivity index (χ2v) is 10.5. The van der Waals surface area contributed by atoms with Gasteiger partial charge in [0.15, 0.2) is 0 Å². The lowest BCUT2D eigenvalue weighted by Gasteiger charge is -2.29. The molecule has 8 nitrogen and oxygen atoms in total. The molecule has 0 fully saturated rings. The average molecular weight is 499 g/mol. The Morgan fingerprint density at radius 1 is 0.556 bits per heavy atom. The molecule has 0 heterocycles. The number of rotatable bonds is 7. The Labute approximate surface area is 211 Å². The largest absolute Gasteiger partial charge is 0.457 e. The van der Waals surface area contributed by atoms with E-state index in [1.807, 2.05) is 13.8 Å². The standard InChI is InChI=1S/C28H34O8/c1-17-9-13-19(14-10-17)23(29)33-21(25(31)35-27(3,4)5)22(26(32)36-28(6,7)8)34-24(30)20-15-11-18(2)12-16-20/h9-16,21-22H,1-8H3/t21-,22-/m0/s1. The van der Waals surface area contributed by atoms with Gasteiger partial charge in [0.25, 0.3) is 0 Å². The number of aryl methyl sites for hydroxylation is 2. The second-order valence-electron chi connectivity index (χ2n) is 10.5. The zero-order chi connectivity index (χ0) is 27.3. The van der Waals surface area contributed by atoms with Gasteiger partial charge in [-0.05, 0) is 79.7 Å². The molecule has 194 valence electrons. The number of carbonyl (C=O) groups excluding carboxylic acids is 4. The fourth-order valence-electron chi connectivity index (χ4n) is 2.93. The molecule has 0 aliphatic carbocycles. The lowest BCUT2D eigenvalue weighted by Crippen LogP contribution is -2.50. The number of hydrogen-bond acceptors (Lipinski definition) is 8. The van der Waals surface area contributed by atoms with Crippen molar-refractivity contribution in [3.8, 4) is 0 Å². The number of ether oxygens (including phenoxy) is 4. The van der Waals surface area contributed by atoms with Crippen molar-refractivity contribution >= 4 is 23.9 Å². The van der Waals surface area contributed by atoms with Crippen molar-refractivity contribution in [2.24, 2.45) is 0 Å². The first-order valence-corrected chi connectivity index (χ1v) is 11.6. The van der Waals surface area contributed by atoms with Crippen LogP contribution in [0.5, 0.6) is 0 Å². The van der Waals surface area contributed by atoms with Gasteiger partial charge in [0, 0.05) is 0 Å². The van der Waals surface area contributed by atoms with Crippen molar-refractivity contribution < 1.29 is 38.1 Å². The van der Waals surface area contributed by atoms with E-state index in [1.165, 1.54) is 24.3 Å². The van der Waals surface area contributed by atoms with E-state index >= 15 is 0 Å². The summed E-state index contributed by atoms with van der Waals surface area (Å²) in [7, 11) is 0. The molecule has 2 rings (SSSR count). The van der Waals surface area contributed by atoms with E-state index in [2.05, 4.69) is 0 Å². The smallest absolute Gasteiger partial charge is 0.352 e. The molecule has 0 amide bonds. The zero-order valence-corrected chi connectivity index (χ0v) is 22.0. The highest BCUT2D eigenvalue weighted by molar-refractivity contribution is 5.96. The summed E-state index contributed by atoms with van der Waals surface area (Å²) in [5, 5.41) is 0. The molecular weight excluding hydrogens is 464 g/mol. The number of hydrogen-bond donors (Lipinski definition) is 0. The van der Waals surface area contributed by atoms with Crippen LogP contribution in [0.3, 0.4) is 0 Å². The minimum absolute atomic E-state index is 0.141. The van der Waals surface area contributed by atoms with E-state index in [1.54, 1.807) is 65.8 Å². The maximum absolute atomic E-state index is 13.2. The Hall–Kier alpha value is -3.68. The minimum atomic E-state index is -1.91. The van der Waals surface area contributed by atoms with Crippen molar-refractivity contribution in [3.05, 3.63) is 70.8 Å². The highest BCUT2D eigenvalue weighted by Crippen LogP contribution is 2.21. The molecule has 0 N–H and O–H groups in total. The monoisotopic (exact) mass is 498 g/mol. The normalized spacial score (nSPS) is 13.2. The zero-order valence-electron chi connectivity index (χ0n) is 22.0. The second kappa shape index (κ2) is 11.4. The highest BCUT2D eigenvalue weighted by atomic mass is 16.6. The predicted octanol–water partition coefficient (Wildman–Crippen LogP) is 4.74. The summed E-state index contributed by atoms with van der Waals surface area (Å²) in [5.41, 5.74) is 0.141. The molecule has 0 saturated heterocycles. The molecule has 2 aromatic carbocycles. The molecule has 36 heavy (non-hydrogen) atoms. The van der Waals surface area contributed by atoms with Gasteiger partial charge in [-0.2, -0.15) is 0 Å². The molecule has 8 heteroatoms. The summed E-state index contributed by atoms with van der Waals surface area (Å²) in [6.07, 6.45) is -3.83. The molecule has 0 radical (unpaired) electrons. The van der Waals surface area contributed by atoms with Crippen LogP contribution in [-0.2, 0) is 28.5 Å². The highest BCUT2D eigenvalue weighted by Gasteiger charge is 2.45. The Morgan fingerprint density at radius 2 is 0.833 bits per heavy atom. The van der Waals surface area contributed by atoms with Gasteiger partial charge in [-0.15, -0.1) is 0 Å². The quantitative estimate of drug-likeness (QED) is 0.398. The molecule has 0 saturated carbocycles. The van der Waals surface area contributed by atoms with Gasteiger partial charge >= 0.3 is 23.9 Å². The first-order chi connectivity index (χ1) is 16.6. The number of esters is 4. The first kappa shape index (κ1) is 28.6. The van der Waals surface area contributed by atoms with Crippen molar-refractivity contribution in [1.82, 2.24) is 0 Å². The van der Waals surface area contributed by atoms with Gasteiger partial charge in [-0.1, -0.05) is 35.4 Å². The van der Waals surface area contributed by atoms with Crippen LogP contribution in [-0.4, -0.2) is 47.3 Å². The van der Waals surface area contributed by atoms with Gasteiger partial charge in [0.05, 0.1) is 11.1 Å². The lowest BCUT2D eigenvalue weighted by atomic mass is 10.1. The summed E-state index contributed by atoms with van der Waals surface area (Å²) in [6, 6.07) is 12.9. The number of benzene rings is 2. The Kier molecular flexibility index (Phi) is 9.02. The van der Waals surface area contributed by atoms with Gasteiger partial charge in [0.1, 0.15) is 11.2 Å². The van der Waals surface area contributed by atoms with Crippen molar-refractivity contribution in [2.45, 2.75) is 78.8 Å². The van der Waals surface area contributed by atoms with Crippen LogP contribution < -0.4 is 0 Å². The van der Waals surface area contributed by atoms with Gasteiger partial charge in [-0.25, -0.2) is 19.2 Å². The fourth-order valence-corrected chi connectivity index (χ4v) is 2.93. The van der Waals surface area contributed by atoms with Gasteiger partial charge in [-0.3, -0.25) is 0 Å². The third-order valence-corrected chi connectivity index (χ3v) is 4.60. The predicted molar refractivity (Wildman–Crippen MR) is 132 cm³/mol. The molecule has 0 spiro atoms. The van der Waals surface area contributed by atoms with Crippen LogP contribution in [0.4, 0.5) is 0 Å². The van der Waals surface area contributed by atoms with Crippen molar-refractivity contribution in [2.75, 3.05) is 0 Å². The Balaban J connectivity index is 2.48. The molecule has 0 aliphatic rings. The molecule has 0 aromatic heterocycles. The molecular formula is C28H34O8. The maximum atomic E-state index is 13.2. The summed E-state index contributed by atoms with van der Waals surface area (Å²) in [4.78, 5) is 52.1. The molecule has 2 aromatic rings. The molecule has 0 aliphatic heterocycles. The van der Waals surface area contributed by atoms with E-state index in [9.17, 15) is 19.2 Å². The molecule has 0 unspecified atom stereocenters. The SMILES string of the molecule is Cc1ccc(C(=O)O[C@H](C(=O)OC(C)(C)C)[C@H](OC(=O)c2ccc(C)cc2)C(=O)OC(C)(C)C)cc1. The number of carbonyl (C=O) groups is 4. The van der Waals surface area contributed by atoms with Crippen LogP contribution in [0.1, 0.15) is 73.4 Å². The maximum Gasteiger partial charge on any atom is 0.352 e. The molecule has 2 atom stereocenters. The van der Waals surface area contributed by atoms with E-state index in [4.69, 9.17) is 18.9 Å². The van der Waals surface area contributed by atoms with Crippen molar-refractivity contribution in [1.29, 1.82) is 0 Å². The first-order valence-electron chi connectivity index (χ1n) is 11.6. The Bertz CT molecular complexity index is 997. The van der Waals surface area contributed by atoms with E-state index in [0.717, 1.165) is 11.1 Å².